The van der Waals surface area contributed by atoms with Crippen molar-refractivity contribution in [2.75, 3.05) is 0 Å². The molecule has 1 N–H and O–H groups in total. The molecule has 0 fully saturated rings. The highest BCUT2D eigenvalue weighted by molar-refractivity contribution is 7.81. The Morgan fingerprint density at radius 1 is 0.875 bits per heavy atom. The monoisotopic (exact) mass is 358 g/mol. The van der Waals surface area contributed by atoms with Crippen LogP contribution in [0, 0.1) is 0 Å². The SMILES string of the molecule is CC/C=C\C/C=C\C/C=C\CCCCCCCC(=O)OS(=O)(=O)O. The summed E-state index contributed by atoms with van der Waals surface area (Å²) in [6.45, 7) is 2.13. The van der Waals surface area contributed by atoms with Crippen LogP contribution in [0.3, 0.4) is 0 Å². The van der Waals surface area contributed by atoms with Crippen LogP contribution >= 0.6 is 0 Å². The van der Waals surface area contributed by atoms with Crippen LogP contribution in [-0.4, -0.2) is 18.9 Å². The maximum absolute atomic E-state index is 11.0. The second kappa shape index (κ2) is 15.1. The summed E-state index contributed by atoms with van der Waals surface area (Å²) in [4.78, 5) is 11.0. The van der Waals surface area contributed by atoms with E-state index in [0.717, 1.165) is 51.4 Å². The molecule has 0 aromatic rings. The second-order valence-electron chi connectivity index (χ2n) is 5.48. The minimum Gasteiger partial charge on any atom is -0.325 e. The maximum atomic E-state index is 11.0. The zero-order chi connectivity index (χ0) is 18.1. The number of carbonyl (C=O) groups excluding carboxylic acids is 1. The topological polar surface area (TPSA) is 80.7 Å². The number of hydrogen-bond donors (Lipinski definition) is 1. The van der Waals surface area contributed by atoms with E-state index in [-0.39, 0.29) is 6.42 Å². The highest BCUT2D eigenvalue weighted by atomic mass is 32.3. The quantitative estimate of drug-likeness (QED) is 0.271. The first-order chi connectivity index (χ1) is 11.5. The van der Waals surface area contributed by atoms with E-state index in [4.69, 9.17) is 4.55 Å². The van der Waals surface area contributed by atoms with Gasteiger partial charge in [-0.1, -0.05) is 62.6 Å². The normalized spacial score (nSPS) is 12.6. The van der Waals surface area contributed by atoms with Crippen LogP contribution < -0.4 is 0 Å². The molecular weight excluding hydrogens is 328 g/mol. The third kappa shape index (κ3) is 18.6. The fraction of sp³-hybridized carbons (Fsp3) is 0.611. The van der Waals surface area contributed by atoms with Crippen molar-refractivity contribution in [3.8, 4) is 0 Å². The van der Waals surface area contributed by atoms with Crippen LogP contribution in [0.25, 0.3) is 0 Å². The Bertz CT molecular complexity index is 504. The molecular formula is C18H30O5S. The molecule has 138 valence electrons. The fourth-order valence-corrected chi connectivity index (χ4v) is 2.37. The van der Waals surface area contributed by atoms with Crippen molar-refractivity contribution in [1.29, 1.82) is 0 Å². The number of rotatable bonds is 14. The molecule has 0 aliphatic rings. The Labute approximate surface area is 146 Å². The molecule has 0 spiro atoms. The van der Waals surface area contributed by atoms with Crippen LogP contribution in [0.2, 0.25) is 0 Å². The zero-order valence-corrected chi connectivity index (χ0v) is 15.3. The van der Waals surface area contributed by atoms with Crippen molar-refractivity contribution in [3.63, 3.8) is 0 Å². The molecule has 0 bridgehead atoms. The average molecular weight is 358 g/mol. The summed E-state index contributed by atoms with van der Waals surface area (Å²) < 4.78 is 32.8. The lowest BCUT2D eigenvalue weighted by molar-refractivity contribution is -0.134. The van der Waals surface area contributed by atoms with Gasteiger partial charge in [0.15, 0.2) is 0 Å². The van der Waals surface area contributed by atoms with Crippen LogP contribution in [-0.2, 0) is 19.4 Å². The van der Waals surface area contributed by atoms with Gasteiger partial charge in [0.05, 0.1) is 0 Å². The van der Waals surface area contributed by atoms with Crippen molar-refractivity contribution >= 4 is 16.4 Å². The lowest BCUT2D eigenvalue weighted by Gasteiger charge is -2.01. The van der Waals surface area contributed by atoms with E-state index in [1.54, 1.807) is 0 Å². The summed E-state index contributed by atoms with van der Waals surface area (Å²) >= 11 is 0. The van der Waals surface area contributed by atoms with Crippen molar-refractivity contribution in [1.82, 2.24) is 0 Å². The van der Waals surface area contributed by atoms with Gasteiger partial charge in [0, 0.05) is 6.42 Å². The molecule has 0 aliphatic heterocycles. The molecule has 0 aromatic carbocycles. The van der Waals surface area contributed by atoms with Gasteiger partial charge in [0.1, 0.15) is 0 Å². The maximum Gasteiger partial charge on any atom is 0.448 e. The predicted molar refractivity (Wildman–Crippen MR) is 96.9 cm³/mol. The zero-order valence-electron chi connectivity index (χ0n) is 14.5. The standard InChI is InChI=1S/C18H30O5S/c1-2-3-4-5-6-7-8-9-10-11-12-13-14-15-16-17-18(19)23-24(20,21)22/h3-4,6-7,9-10H,2,5,8,11-17H2,1H3,(H,20,21,22)/b4-3-,7-6-,10-9-. The number of carbonyl (C=O) groups is 1. The molecule has 24 heavy (non-hydrogen) atoms. The third-order valence-corrected chi connectivity index (χ3v) is 3.63. The molecule has 0 saturated carbocycles. The Kier molecular flexibility index (Phi) is 14.3. The molecule has 0 unspecified atom stereocenters. The van der Waals surface area contributed by atoms with Crippen molar-refractivity contribution < 1.29 is 21.9 Å². The molecule has 5 nitrogen and oxygen atoms in total. The summed E-state index contributed by atoms with van der Waals surface area (Å²) in [5, 5.41) is 0. The molecule has 0 heterocycles. The van der Waals surface area contributed by atoms with Gasteiger partial charge < -0.3 is 4.18 Å². The van der Waals surface area contributed by atoms with Gasteiger partial charge in [-0.05, 0) is 38.5 Å². The van der Waals surface area contributed by atoms with E-state index in [9.17, 15) is 13.2 Å². The average Bonchev–Trinajstić information content (AvgIpc) is 2.49. The first-order valence-electron chi connectivity index (χ1n) is 8.60. The third-order valence-electron chi connectivity index (χ3n) is 3.23. The van der Waals surface area contributed by atoms with Crippen LogP contribution in [0.15, 0.2) is 36.5 Å². The molecule has 0 aliphatic carbocycles. The highest BCUT2D eigenvalue weighted by Gasteiger charge is 2.11. The van der Waals surface area contributed by atoms with Gasteiger partial charge in [-0.15, -0.1) is 0 Å². The lowest BCUT2D eigenvalue weighted by atomic mass is 10.1. The molecule has 0 aromatic heterocycles. The summed E-state index contributed by atoms with van der Waals surface area (Å²) in [5.74, 6) is -0.904. The fourth-order valence-electron chi connectivity index (χ4n) is 2.05. The Balaban J connectivity index is 3.40. The molecule has 0 atom stereocenters. The second-order valence-corrected chi connectivity index (χ2v) is 6.51. The lowest BCUT2D eigenvalue weighted by Crippen LogP contribution is -2.11. The van der Waals surface area contributed by atoms with Crippen LogP contribution in [0.5, 0.6) is 0 Å². The highest BCUT2D eigenvalue weighted by Crippen LogP contribution is 2.09. The van der Waals surface area contributed by atoms with Gasteiger partial charge in [-0.3, -0.25) is 9.35 Å². The minimum absolute atomic E-state index is 0.0134. The first-order valence-corrected chi connectivity index (χ1v) is 9.97. The number of hydrogen-bond acceptors (Lipinski definition) is 4. The number of allylic oxidation sites excluding steroid dienone is 6. The van der Waals surface area contributed by atoms with E-state index < -0.39 is 16.4 Å². The summed E-state index contributed by atoms with van der Waals surface area (Å²) in [6.07, 6.45) is 21.7. The van der Waals surface area contributed by atoms with Gasteiger partial charge in [-0.2, -0.15) is 8.42 Å². The smallest absolute Gasteiger partial charge is 0.325 e. The molecule has 6 heteroatoms. The molecule has 0 radical (unpaired) electrons. The van der Waals surface area contributed by atoms with E-state index in [2.05, 4.69) is 47.6 Å². The first kappa shape index (κ1) is 22.6. The number of unbranched alkanes of at least 4 members (excludes halogenated alkanes) is 5. The van der Waals surface area contributed by atoms with Crippen molar-refractivity contribution in [3.05, 3.63) is 36.5 Å². The van der Waals surface area contributed by atoms with Crippen LogP contribution in [0.1, 0.15) is 71.1 Å². The van der Waals surface area contributed by atoms with Gasteiger partial charge in [-0.25, -0.2) is 0 Å². The van der Waals surface area contributed by atoms with Gasteiger partial charge >= 0.3 is 16.4 Å². The predicted octanol–water partition coefficient (Wildman–Crippen LogP) is 4.92. The summed E-state index contributed by atoms with van der Waals surface area (Å²) in [7, 11) is -4.66. The van der Waals surface area contributed by atoms with E-state index in [0.29, 0.717) is 6.42 Å². The van der Waals surface area contributed by atoms with Gasteiger partial charge in [0.2, 0.25) is 0 Å². The van der Waals surface area contributed by atoms with Crippen molar-refractivity contribution in [2.24, 2.45) is 0 Å². The Morgan fingerprint density at radius 2 is 1.42 bits per heavy atom. The summed E-state index contributed by atoms with van der Waals surface area (Å²) in [5.41, 5.74) is 0. The van der Waals surface area contributed by atoms with E-state index in [1.165, 1.54) is 0 Å². The molecule has 0 saturated heterocycles. The molecule has 0 rings (SSSR count). The minimum atomic E-state index is -4.66. The van der Waals surface area contributed by atoms with E-state index >= 15 is 0 Å². The summed E-state index contributed by atoms with van der Waals surface area (Å²) in [6, 6.07) is 0. The largest absolute Gasteiger partial charge is 0.448 e. The molecule has 0 amide bonds. The van der Waals surface area contributed by atoms with Gasteiger partial charge in [0.25, 0.3) is 0 Å². The van der Waals surface area contributed by atoms with Crippen LogP contribution in [0.4, 0.5) is 0 Å². The Hall–Kier alpha value is -1.40. The van der Waals surface area contributed by atoms with Crippen molar-refractivity contribution in [2.45, 2.75) is 71.1 Å². The Morgan fingerprint density at radius 3 is 2.04 bits per heavy atom. The van der Waals surface area contributed by atoms with E-state index in [1.807, 2.05) is 0 Å².